The molecule has 1 saturated carbocycles. The molecule has 1 aliphatic heterocycles. The Morgan fingerprint density at radius 2 is 2.30 bits per heavy atom. The van der Waals surface area contributed by atoms with Crippen molar-refractivity contribution in [3.63, 3.8) is 0 Å². The first-order valence-electron chi connectivity index (χ1n) is 7.83. The molecule has 110 valence electrons. The molecule has 1 aromatic carbocycles. The Kier molecular flexibility index (Phi) is 4.27. The van der Waals surface area contributed by atoms with Crippen LogP contribution in [0, 0.1) is 6.92 Å². The number of ether oxygens (including phenoxy) is 2. The molecule has 2 fully saturated rings. The lowest BCUT2D eigenvalue weighted by atomic mass is 9.74. The number of hydrogen-bond acceptors (Lipinski definition) is 3. The van der Waals surface area contributed by atoms with Crippen LogP contribution < -0.4 is 10.1 Å². The highest BCUT2D eigenvalue weighted by molar-refractivity contribution is 5.27. The van der Waals surface area contributed by atoms with E-state index in [2.05, 4.69) is 24.4 Å². The summed E-state index contributed by atoms with van der Waals surface area (Å²) in [6.45, 7) is 4.64. The number of nitrogens with one attached hydrogen (secondary N) is 1. The fourth-order valence-electron chi connectivity index (χ4n) is 3.26. The summed E-state index contributed by atoms with van der Waals surface area (Å²) in [4.78, 5) is 0. The minimum Gasteiger partial charge on any atom is -0.492 e. The summed E-state index contributed by atoms with van der Waals surface area (Å²) >= 11 is 0. The number of rotatable bonds is 5. The van der Waals surface area contributed by atoms with Crippen molar-refractivity contribution in [3.05, 3.63) is 29.8 Å². The van der Waals surface area contributed by atoms with Gasteiger partial charge in [-0.05, 0) is 56.7 Å². The highest BCUT2D eigenvalue weighted by Crippen LogP contribution is 2.42. The summed E-state index contributed by atoms with van der Waals surface area (Å²) in [5.74, 6) is 0.967. The second-order valence-corrected chi connectivity index (χ2v) is 6.19. The van der Waals surface area contributed by atoms with Crippen molar-refractivity contribution in [3.8, 4) is 5.75 Å². The highest BCUT2D eigenvalue weighted by atomic mass is 16.5. The van der Waals surface area contributed by atoms with Crippen molar-refractivity contribution in [2.45, 2.75) is 50.7 Å². The molecular formula is C17H25NO2. The molecular weight excluding hydrogens is 250 g/mol. The molecule has 3 heteroatoms. The van der Waals surface area contributed by atoms with E-state index in [0.717, 1.165) is 31.9 Å². The molecule has 1 aromatic rings. The first-order valence-corrected chi connectivity index (χ1v) is 7.83. The van der Waals surface area contributed by atoms with Crippen molar-refractivity contribution in [1.82, 2.24) is 5.32 Å². The van der Waals surface area contributed by atoms with Gasteiger partial charge in [0.1, 0.15) is 12.4 Å². The van der Waals surface area contributed by atoms with E-state index in [0.29, 0.717) is 6.04 Å². The van der Waals surface area contributed by atoms with Crippen LogP contribution in [0.2, 0.25) is 0 Å². The van der Waals surface area contributed by atoms with Crippen molar-refractivity contribution in [1.29, 1.82) is 0 Å². The third-order valence-electron chi connectivity index (χ3n) is 4.55. The molecule has 1 atom stereocenters. The smallest absolute Gasteiger partial charge is 0.119 e. The SMILES string of the molecule is Cc1cccc(OCCNC2CCOC3(CCC3)C2)c1. The Balaban J connectivity index is 1.37. The van der Waals surface area contributed by atoms with E-state index in [1.807, 2.05) is 12.1 Å². The Labute approximate surface area is 121 Å². The second kappa shape index (κ2) is 6.15. The lowest BCUT2D eigenvalue weighted by Gasteiger charge is -2.47. The Morgan fingerprint density at radius 1 is 1.40 bits per heavy atom. The molecule has 1 N–H and O–H groups in total. The molecule has 1 aliphatic carbocycles. The molecule has 3 nitrogen and oxygen atoms in total. The quantitative estimate of drug-likeness (QED) is 0.838. The zero-order valence-corrected chi connectivity index (χ0v) is 12.4. The maximum Gasteiger partial charge on any atom is 0.119 e. The van der Waals surface area contributed by atoms with E-state index < -0.39 is 0 Å². The van der Waals surface area contributed by atoms with E-state index in [1.54, 1.807) is 0 Å². The first-order chi connectivity index (χ1) is 9.76. The summed E-state index contributed by atoms with van der Waals surface area (Å²) in [6.07, 6.45) is 6.16. The topological polar surface area (TPSA) is 30.5 Å². The maximum atomic E-state index is 5.95. The highest BCUT2D eigenvalue weighted by Gasteiger charge is 2.42. The molecule has 1 unspecified atom stereocenters. The second-order valence-electron chi connectivity index (χ2n) is 6.19. The minimum absolute atomic E-state index is 0.229. The first kappa shape index (κ1) is 13.9. The predicted octanol–water partition coefficient (Wildman–Crippen LogP) is 3.07. The van der Waals surface area contributed by atoms with Gasteiger partial charge in [-0.15, -0.1) is 0 Å². The average Bonchev–Trinajstić information content (AvgIpc) is 2.42. The molecule has 0 amide bonds. The van der Waals surface area contributed by atoms with Crippen LogP contribution in [0.5, 0.6) is 5.75 Å². The molecule has 0 aromatic heterocycles. The van der Waals surface area contributed by atoms with Gasteiger partial charge in [0.2, 0.25) is 0 Å². The van der Waals surface area contributed by atoms with Crippen molar-refractivity contribution in [2.75, 3.05) is 19.8 Å². The zero-order valence-electron chi connectivity index (χ0n) is 12.4. The van der Waals surface area contributed by atoms with Crippen molar-refractivity contribution in [2.24, 2.45) is 0 Å². The Hall–Kier alpha value is -1.06. The van der Waals surface area contributed by atoms with Crippen molar-refractivity contribution >= 4 is 0 Å². The van der Waals surface area contributed by atoms with Gasteiger partial charge in [0.05, 0.1) is 5.60 Å². The summed E-state index contributed by atoms with van der Waals surface area (Å²) in [7, 11) is 0. The van der Waals surface area contributed by atoms with Crippen LogP contribution in [-0.4, -0.2) is 31.4 Å². The lowest BCUT2D eigenvalue weighted by Crippen LogP contribution is -2.51. The molecule has 1 saturated heterocycles. The van der Waals surface area contributed by atoms with Crippen LogP contribution in [0.15, 0.2) is 24.3 Å². The molecule has 0 radical (unpaired) electrons. The molecule has 1 spiro atoms. The maximum absolute atomic E-state index is 5.95. The minimum atomic E-state index is 0.229. The van der Waals surface area contributed by atoms with Crippen LogP contribution in [0.1, 0.15) is 37.7 Å². The standard InChI is InChI=1S/C17H25NO2/c1-14-4-2-5-16(12-14)19-11-9-18-15-6-10-20-17(13-15)7-3-8-17/h2,4-5,12,15,18H,3,6-11,13H2,1H3. The monoisotopic (exact) mass is 275 g/mol. The number of hydrogen-bond donors (Lipinski definition) is 1. The number of benzene rings is 1. The van der Waals surface area contributed by atoms with Gasteiger partial charge in [0.15, 0.2) is 0 Å². The Bertz CT molecular complexity index is 442. The van der Waals surface area contributed by atoms with Gasteiger partial charge in [-0.3, -0.25) is 0 Å². The van der Waals surface area contributed by atoms with E-state index >= 15 is 0 Å². The fourth-order valence-corrected chi connectivity index (χ4v) is 3.26. The summed E-state index contributed by atoms with van der Waals surface area (Å²) in [5, 5.41) is 3.62. The largest absolute Gasteiger partial charge is 0.492 e. The molecule has 2 aliphatic rings. The lowest BCUT2D eigenvalue weighted by molar-refractivity contribution is -0.135. The third-order valence-corrected chi connectivity index (χ3v) is 4.55. The van der Waals surface area contributed by atoms with E-state index in [-0.39, 0.29) is 5.60 Å². The van der Waals surface area contributed by atoms with Gasteiger partial charge in [-0.25, -0.2) is 0 Å². The van der Waals surface area contributed by atoms with Crippen LogP contribution in [0.25, 0.3) is 0 Å². The van der Waals surface area contributed by atoms with Crippen LogP contribution in [0.3, 0.4) is 0 Å². The third kappa shape index (κ3) is 3.33. The zero-order chi connectivity index (χ0) is 13.8. The van der Waals surface area contributed by atoms with Gasteiger partial charge in [-0.2, -0.15) is 0 Å². The van der Waals surface area contributed by atoms with E-state index in [1.165, 1.54) is 31.2 Å². The Morgan fingerprint density at radius 3 is 3.05 bits per heavy atom. The summed E-state index contributed by atoms with van der Waals surface area (Å²) in [6, 6.07) is 8.83. The van der Waals surface area contributed by atoms with Crippen LogP contribution in [0.4, 0.5) is 0 Å². The van der Waals surface area contributed by atoms with Crippen LogP contribution in [-0.2, 0) is 4.74 Å². The molecule has 3 rings (SSSR count). The van der Waals surface area contributed by atoms with Gasteiger partial charge in [-0.1, -0.05) is 12.1 Å². The van der Waals surface area contributed by atoms with E-state index in [9.17, 15) is 0 Å². The fraction of sp³-hybridized carbons (Fsp3) is 0.647. The van der Waals surface area contributed by atoms with E-state index in [4.69, 9.17) is 9.47 Å². The van der Waals surface area contributed by atoms with Gasteiger partial charge >= 0.3 is 0 Å². The summed E-state index contributed by atoms with van der Waals surface area (Å²) < 4.78 is 11.7. The van der Waals surface area contributed by atoms with Gasteiger partial charge < -0.3 is 14.8 Å². The average molecular weight is 275 g/mol. The van der Waals surface area contributed by atoms with Crippen LogP contribution >= 0.6 is 0 Å². The van der Waals surface area contributed by atoms with Crippen molar-refractivity contribution < 1.29 is 9.47 Å². The predicted molar refractivity (Wildman–Crippen MR) is 80.2 cm³/mol. The molecule has 20 heavy (non-hydrogen) atoms. The van der Waals surface area contributed by atoms with Gasteiger partial charge in [0, 0.05) is 19.2 Å². The summed E-state index contributed by atoms with van der Waals surface area (Å²) in [5.41, 5.74) is 1.47. The molecule has 0 bridgehead atoms. The van der Waals surface area contributed by atoms with Gasteiger partial charge in [0.25, 0.3) is 0 Å². The number of aryl methyl sites for hydroxylation is 1. The normalized spacial score (nSPS) is 24.4. The molecule has 1 heterocycles.